The van der Waals surface area contributed by atoms with Gasteiger partial charge in [0.05, 0.1) is 11.5 Å². The lowest BCUT2D eigenvalue weighted by Crippen LogP contribution is -2.51. The summed E-state index contributed by atoms with van der Waals surface area (Å²) in [5.74, 6) is -0.0696. The number of anilines is 1. The molecule has 3 aromatic rings. The molecule has 224 valence electrons. The van der Waals surface area contributed by atoms with Crippen LogP contribution in [0.1, 0.15) is 46.6 Å². The van der Waals surface area contributed by atoms with Crippen LogP contribution in [0.15, 0.2) is 84.9 Å². The van der Waals surface area contributed by atoms with Gasteiger partial charge in [0.2, 0.25) is 5.91 Å². The average molecular weight is 572 g/mol. The molecule has 7 heteroatoms. The summed E-state index contributed by atoms with van der Waals surface area (Å²) in [7, 11) is 0. The minimum absolute atomic E-state index is 0.0261. The highest BCUT2D eigenvalue weighted by Gasteiger charge is 2.33. The van der Waals surface area contributed by atoms with Gasteiger partial charge in [-0.05, 0) is 61.9 Å². The molecule has 0 unspecified atom stereocenters. The maximum Gasteiger partial charge on any atom is 0.434 e. The molecule has 7 nitrogen and oxygen atoms in total. The molecule has 0 aromatic heterocycles. The molecule has 42 heavy (non-hydrogen) atoms. The van der Waals surface area contributed by atoms with E-state index in [4.69, 9.17) is 9.57 Å². The predicted molar refractivity (Wildman–Crippen MR) is 168 cm³/mol. The second-order valence-electron chi connectivity index (χ2n) is 12.4. The molecule has 0 radical (unpaired) electrons. The van der Waals surface area contributed by atoms with Crippen LogP contribution in [0.25, 0.3) is 11.1 Å². The first-order chi connectivity index (χ1) is 20.1. The molecule has 1 aliphatic heterocycles. The van der Waals surface area contributed by atoms with Gasteiger partial charge in [-0.15, -0.1) is 0 Å². The van der Waals surface area contributed by atoms with E-state index < -0.39 is 17.6 Å². The van der Waals surface area contributed by atoms with Gasteiger partial charge in [0.15, 0.2) is 0 Å². The number of rotatable bonds is 10. The van der Waals surface area contributed by atoms with E-state index in [0.29, 0.717) is 19.5 Å². The van der Waals surface area contributed by atoms with E-state index in [1.165, 1.54) is 16.2 Å². The Labute approximate surface area is 251 Å². The fourth-order valence-electron chi connectivity index (χ4n) is 5.21. The smallest absolute Gasteiger partial charge is 0.434 e. The SMILES string of the molecule is CC(C)C[C@@H](COC(=O)N(OCc1ccccc1)C(C)(C)C)C(=O)N1CCN(c2ccc(-c3ccccc3)cc2)CC1. The fraction of sp³-hybridized carbons (Fsp3) is 0.429. The van der Waals surface area contributed by atoms with Crippen molar-refractivity contribution >= 4 is 17.7 Å². The molecular weight excluding hydrogens is 526 g/mol. The van der Waals surface area contributed by atoms with Crippen molar-refractivity contribution in [1.82, 2.24) is 9.96 Å². The Bertz CT molecular complexity index is 1270. The maximum atomic E-state index is 13.6. The normalized spacial score (nSPS) is 14.5. The Morgan fingerprint density at radius 3 is 1.95 bits per heavy atom. The minimum Gasteiger partial charge on any atom is -0.447 e. The van der Waals surface area contributed by atoms with Crippen molar-refractivity contribution < 1.29 is 19.2 Å². The third-order valence-electron chi connectivity index (χ3n) is 7.42. The Hall–Kier alpha value is -3.84. The molecule has 1 heterocycles. The Kier molecular flexibility index (Phi) is 10.6. The lowest BCUT2D eigenvalue weighted by Gasteiger charge is -2.38. The van der Waals surface area contributed by atoms with E-state index in [2.05, 4.69) is 55.1 Å². The second-order valence-corrected chi connectivity index (χ2v) is 12.4. The number of nitrogens with zero attached hydrogens (tertiary/aromatic N) is 3. The Morgan fingerprint density at radius 2 is 1.38 bits per heavy atom. The maximum absolute atomic E-state index is 13.6. The molecule has 0 N–H and O–H groups in total. The van der Waals surface area contributed by atoms with Crippen LogP contribution in [0.3, 0.4) is 0 Å². The standard InChI is InChI=1S/C35H45N3O4/c1-27(2)24-31(26-41-34(40)38(35(3,4)5)42-25-28-12-8-6-9-13-28)33(39)37-22-20-36(21-23-37)32-18-16-30(17-19-32)29-14-10-7-11-15-29/h6-19,27,31H,20-26H2,1-5H3/t31-/m0/s1. The van der Waals surface area contributed by atoms with E-state index in [-0.39, 0.29) is 25.0 Å². The summed E-state index contributed by atoms with van der Waals surface area (Å²) in [5, 5.41) is 1.28. The second kappa shape index (κ2) is 14.4. The lowest BCUT2D eigenvalue weighted by molar-refractivity contribution is -0.193. The van der Waals surface area contributed by atoms with E-state index in [0.717, 1.165) is 24.3 Å². The molecule has 1 fully saturated rings. The molecule has 0 saturated carbocycles. The van der Waals surface area contributed by atoms with Crippen LogP contribution < -0.4 is 4.90 Å². The number of hydrogen-bond donors (Lipinski definition) is 0. The van der Waals surface area contributed by atoms with Crippen molar-refractivity contribution in [3.8, 4) is 11.1 Å². The molecule has 3 aromatic carbocycles. The van der Waals surface area contributed by atoms with Crippen LogP contribution in [0.4, 0.5) is 10.5 Å². The highest BCUT2D eigenvalue weighted by Crippen LogP contribution is 2.25. The highest BCUT2D eigenvalue weighted by molar-refractivity contribution is 5.80. The molecule has 0 aliphatic carbocycles. The van der Waals surface area contributed by atoms with E-state index in [9.17, 15) is 9.59 Å². The van der Waals surface area contributed by atoms with Crippen LogP contribution in [0.5, 0.6) is 0 Å². The first kappa shape index (κ1) is 31.1. The van der Waals surface area contributed by atoms with Crippen molar-refractivity contribution in [2.45, 2.75) is 53.2 Å². The summed E-state index contributed by atoms with van der Waals surface area (Å²) in [6.07, 6.45) is 0.0666. The van der Waals surface area contributed by atoms with Crippen molar-refractivity contribution in [2.24, 2.45) is 11.8 Å². The molecule has 2 amide bonds. The number of piperazine rings is 1. The zero-order valence-electron chi connectivity index (χ0n) is 25.7. The topological polar surface area (TPSA) is 62.3 Å². The van der Waals surface area contributed by atoms with Gasteiger partial charge in [-0.3, -0.25) is 9.63 Å². The summed E-state index contributed by atoms with van der Waals surface area (Å²) in [6.45, 7) is 12.9. The van der Waals surface area contributed by atoms with Gasteiger partial charge in [0.25, 0.3) is 0 Å². The monoisotopic (exact) mass is 571 g/mol. The molecule has 4 rings (SSSR count). The first-order valence-electron chi connectivity index (χ1n) is 14.9. The van der Waals surface area contributed by atoms with Crippen molar-refractivity contribution in [1.29, 1.82) is 0 Å². The van der Waals surface area contributed by atoms with Gasteiger partial charge >= 0.3 is 6.09 Å². The summed E-state index contributed by atoms with van der Waals surface area (Å²) in [5.41, 5.74) is 3.89. The Morgan fingerprint density at radius 1 is 0.810 bits per heavy atom. The number of carbonyl (C=O) groups excluding carboxylic acids is 2. The third-order valence-corrected chi connectivity index (χ3v) is 7.42. The van der Waals surface area contributed by atoms with Gasteiger partial charge in [-0.1, -0.05) is 86.6 Å². The lowest BCUT2D eigenvalue weighted by atomic mass is 9.96. The van der Waals surface area contributed by atoms with Gasteiger partial charge in [-0.2, -0.15) is 5.06 Å². The summed E-state index contributed by atoms with van der Waals surface area (Å²) < 4.78 is 5.74. The zero-order valence-corrected chi connectivity index (χ0v) is 25.7. The van der Waals surface area contributed by atoms with Crippen LogP contribution >= 0.6 is 0 Å². The van der Waals surface area contributed by atoms with Crippen molar-refractivity contribution in [3.63, 3.8) is 0 Å². The molecule has 0 spiro atoms. The van der Waals surface area contributed by atoms with E-state index >= 15 is 0 Å². The van der Waals surface area contributed by atoms with Crippen LogP contribution in [-0.4, -0.2) is 60.3 Å². The van der Waals surface area contributed by atoms with Crippen molar-refractivity contribution in [3.05, 3.63) is 90.5 Å². The predicted octanol–water partition coefficient (Wildman–Crippen LogP) is 7.03. The van der Waals surface area contributed by atoms with Gasteiger partial charge in [-0.25, -0.2) is 4.79 Å². The summed E-state index contributed by atoms with van der Waals surface area (Å²) >= 11 is 0. The molecule has 1 aliphatic rings. The van der Waals surface area contributed by atoms with Crippen LogP contribution in [-0.2, 0) is 21.0 Å². The molecule has 1 atom stereocenters. The summed E-state index contributed by atoms with van der Waals surface area (Å²) in [4.78, 5) is 36.9. The number of ether oxygens (including phenoxy) is 1. The minimum atomic E-state index is -0.612. The summed E-state index contributed by atoms with van der Waals surface area (Å²) in [6, 6.07) is 28.7. The first-order valence-corrected chi connectivity index (χ1v) is 14.9. The third kappa shape index (κ3) is 8.58. The van der Waals surface area contributed by atoms with Crippen LogP contribution in [0.2, 0.25) is 0 Å². The number of amides is 2. The Balaban J connectivity index is 1.33. The number of hydrogen-bond acceptors (Lipinski definition) is 5. The van der Waals surface area contributed by atoms with Gasteiger partial charge in [0, 0.05) is 31.9 Å². The highest BCUT2D eigenvalue weighted by atomic mass is 16.7. The van der Waals surface area contributed by atoms with E-state index in [1.807, 2.05) is 74.2 Å². The van der Waals surface area contributed by atoms with Crippen LogP contribution in [0, 0.1) is 11.8 Å². The zero-order chi connectivity index (χ0) is 30.1. The van der Waals surface area contributed by atoms with E-state index in [1.54, 1.807) is 0 Å². The van der Waals surface area contributed by atoms with Gasteiger partial charge < -0.3 is 14.5 Å². The number of benzene rings is 3. The molecule has 1 saturated heterocycles. The average Bonchev–Trinajstić information content (AvgIpc) is 2.99. The fourth-order valence-corrected chi connectivity index (χ4v) is 5.21. The van der Waals surface area contributed by atoms with Gasteiger partial charge in [0.1, 0.15) is 13.2 Å². The quantitative estimate of drug-likeness (QED) is 0.245. The molecule has 0 bridgehead atoms. The largest absolute Gasteiger partial charge is 0.447 e. The number of hydroxylamine groups is 2. The van der Waals surface area contributed by atoms with Crippen molar-refractivity contribution in [2.75, 3.05) is 37.7 Å². The molecular formula is C35H45N3O4. The number of carbonyl (C=O) groups is 2.